The minimum atomic E-state index is -0.169. The molecule has 0 fully saturated rings. The maximum atomic E-state index is 12.7. The van der Waals surface area contributed by atoms with Crippen LogP contribution >= 0.6 is 15.9 Å². The van der Waals surface area contributed by atoms with Gasteiger partial charge in [0.1, 0.15) is 11.3 Å². The number of fused-ring (bicyclic) bond motifs is 1. The average Bonchev–Trinajstić information content (AvgIpc) is 2.83. The Hall–Kier alpha value is -2.07. The van der Waals surface area contributed by atoms with Crippen molar-refractivity contribution in [3.63, 3.8) is 0 Å². The van der Waals surface area contributed by atoms with Gasteiger partial charge in [-0.2, -0.15) is 0 Å². The molecule has 3 nitrogen and oxygen atoms in total. The maximum absolute atomic E-state index is 12.7. The Kier molecular flexibility index (Phi) is 3.55. The molecule has 106 valence electrons. The van der Waals surface area contributed by atoms with Crippen LogP contribution in [0, 0.1) is 6.92 Å². The Morgan fingerprint density at radius 2 is 1.95 bits per heavy atom. The van der Waals surface area contributed by atoms with Crippen molar-refractivity contribution in [1.29, 1.82) is 0 Å². The smallest absolute Gasteiger partial charge is 0.232 e. The fourth-order valence-electron chi connectivity index (χ4n) is 2.36. The van der Waals surface area contributed by atoms with Gasteiger partial charge in [-0.15, -0.1) is 0 Å². The van der Waals surface area contributed by atoms with Gasteiger partial charge in [0.25, 0.3) is 0 Å². The highest BCUT2D eigenvalue weighted by atomic mass is 79.9. The molecule has 0 atom stereocenters. The number of carbonyl (C=O) groups excluding carboxylic acids is 1. The summed E-state index contributed by atoms with van der Waals surface area (Å²) in [4.78, 5) is 12.7. The fraction of sp³-hybridized carbons (Fsp3) is 0.118. The third-order valence-corrected chi connectivity index (χ3v) is 3.95. The third-order valence-electron chi connectivity index (χ3n) is 3.46. The minimum Gasteiger partial charge on any atom is -0.496 e. The number of para-hydroxylation sites is 1. The summed E-state index contributed by atoms with van der Waals surface area (Å²) in [6.45, 7) is 1.89. The third kappa shape index (κ3) is 2.36. The fourth-order valence-corrected chi connectivity index (χ4v) is 2.73. The normalized spacial score (nSPS) is 10.8. The van der Waals surface area contributed by atoms with Crippen LogP contribution in [0.4, 0.5) is 0 Å². The number of aryl methyl sites for hydroxylation is 1. The molecule has 2 aromatic carbocycles. The highest BCUT2D eigenvalue weighted by Crippen LogP contribution is 2.31. The van der Waals surface area contributed by atoms with Crippen LogP contribution in [0.2, 0.25) is 0 Å². The van der Waals surface area contributed by atoms with Crippen molar-refractivity contribution < 1.29 is 13.9 Å². The maximum Gasteiger partial charge on any atom is 0.232 e. The second-order valence-corrected chi connectivity index (χ2v) is 5.64. The van der Waals surface area contributed by atoms with Gasteiger partial charge in [-0.25, -0.2) is 0 Å². The summed E-state index contributed by atoms with van der Waals surface area (Å²) < 4.78 is 11.9. The SMILES string of the molecule is COc1ccccc1C(=O)c1oc2ccc(Br)cc2c1C. The number of hydrogen-bond donors (Lipinski definition) is 0. The minimum absolute atomic E-state index is 0.169. The zero-order valence-corrected chi connectivity index (χ0v) is 13.2. The molecule has 0 saturated carbocycles. The predicted molar refractivity (Wildman–Crippen MR) is 85.1 cm³/mol. The number of benzene rings is 2. The molecule has 0 saturated heterocycles. The van der Waals surface area contributed by atoms with Gasteiger partial charge in [-0.1, -0.05) is 28.1 Å². The zero-order chi connectivity index (χ0) is 15.0. The van der Waals surface area contributed by atoms with E-state index in [1.165, 1.54) is 0 Å². The zero-order valence-electron chi connectivity index (χ0n) is 11.6. The van der Waals surface area contributed by atoms with Gasteiger partial charge < -0.3 is 9.15 Å². The van der Waals surface area contributed by atoms with Crippen LogP contribution in [-0.2, 0) is 0 Å². The lowest BCUT2D eigenvalue weighted by Gasteiger charge is -2.05. The molecule has 0 amide bonds. The molecule has 0 aliphatic rings. The first kappa shape index (κ1) is 13.9. The van der Waals surface area contributed by atoms with E-state index in [2.05, 4.69) is 15.9 Å². The quantitative estimate of drug-likeness (QED) is 0.644. The van der Waals surface area contributed by atoms with Crippen molar-refractivity contribution in [3.8, 4) is 5.75 Å². The molecule has 0 aliphatic carbocycles. The summed E-state index contributed by atoms with van der Waals surface area (Å²) in [5.74, 6) is 0.730. The van der Waals surface area contributed by atoms with E-state index in [1.54, 1.807) is 19.2 Å². The number of rotatable bonds is 3. The summed E-state index contributed by atoms with van der Waals surface area (Å²) in [5.41, 5.74) is 2.04. The van der Waals surface area contributed by atoms with Crippen LogP contribution in [0.1, 0.15) is 21.7 Å². The molecule has 0 radical (unpaired) electrons. The molecular formula is C17H13BrO3. The number of halogens is 1. The predicted octanol–water partition coefficient (Wildman–Crippen LogP) is 4.74. The standard InChI is InChI=1S/C17H13BrO3/c1-10-13-9-11(18)7-8-15(13)21-17(10)16(19)12-5-3-4-6-14(12)20-2/h3-9H,1-2H3. The van der Waals surface area contributed by atoms with E-state index < -0.39 is 0 Å². The van der Waals surface area contributed by atoms with Gasteiger partial charge in [0.15, 0.2) is 5.76 Å². The first-order valence-corrected chi connectivity index (χ1v) is 7.27. The number of ether oxygens (including phenoxy) is 1. The number of carbonyl (C=O) groups is 1. The van der Waals surface area contributed by atoms with Crippen LogP contribution in [0.15, 0.2) is 51.4 Å². The summed E-state index contributed by atoms with van der Waals surface area (Å²) in [6.07, 6.45) is 0. The first-order chi connectivity index (χ1) is 10.1. The van der Waals surface area contributed by atoms with Crippen LogP contribution in [0.5, 0.6) is 5.75 Å². The molecule has 0 unspecified atom stereocenters. The summed E-state index contributed by atoms with van der Waals surface area (Å²) >= 11 is 3.43. The molecule has 0 spiro atoms. The van der Waals surface area contributed by atoms with E-state index >= 15 is 0 Å². The monoisotopic (exact) mass is 344 g/mol. The molecule has 0 bridgehead atoms. The highest BCUT2D eigenvalue weighted by molar-refractivity contribution is 9.10. The van der Waals surface area contributed by atoms with E-state index in [-0.39, 0.29) is 5.78 Å². The lowest BCUT2D eigenvalue weighted by atomic mass is 10.0. The molecule has 0 N–H and O–H groups in total. The number of ketones is 1. The molecule has 1 aromatic heterocycles. The topological polar surface area (TPSA) is 39.4 Å². The van der Waals surface area contributed by atoms with Crippen LogP contribution < -0.4 is 4.74 Å². The second kappa shape index (κ2) is 5.37. The second-order valence-electron chi connectivity index (χ2n) is 4.73. The van der Waals surface area contributed by atoms with Gasteiger partial charge in [0, 0.05) is 15.4 Å². The largest absolute Gasteiger partial charge is 0.496 e. The van der Waals surface area contributed by atoms with E-state index in [4.69, 9.17) is 9.15 Å². The van der Waals surface area contributed by atoms with Crippen LogP contribution in [0.25, 0.3) is 11.0 Å². The van der Waals surface area contributed by atoms with Gasteiger partial charge in [-0.3, -0.25) is 4.79 Å². The van der Waals surface area contributed by atoms with Gasteiger partial charge in [-0.05, 0) is 37.3 Å². The summed E-state index contributed by atoms with van der Waals surface area (Å²) in [7, 11) is 1.55. The highest BCUT2D eigenvalue weighted by Gasteiger charge is 2.21. The number of methoxy groups -OCH3 is 1. The van der Waals surface area contributed by atoms with Crippen LogP contribution in [-0.4, -0.2) is 12.9 Å². The number of hydrogen-bond acceptors (Lipinski definition) is 3. The van der Waals surface area contributed by atoms with E-state index in [0.29, 0.717) is 22.7 Å². The molecule has 4 heteroatoms. The molecular weight excluding hydrogens is 332 g/mol. The molecule has 21 heavy (non-hydrogen) atoms. The van der Waals surface area contributed by atoms with Gasteiger partial charge >= 0.3 is 0 Å². The Morgan fingerprint density at radius 1 is 1.19 bits per heavy atom. The van der Waals surface area contributed by atoms with Crippen molar-refractivity contribution >= 4 is 32.7 Å². The molecule has 1 heterocycles. The lowest BCUT2D eigenvalue weighted by Crippen LogP contribution is -2.04. The van der Waals surface area contributed by atoms with Gasteiger partial charge in [0.2, 0.25) is 5.78 Å². The average molecular weight is 345 g/mol. The van der Waals surface area contributed by atoms with Crippen LogP contribution in [0.3, 0.4) is 0 Å². The van der Waals surface area contributed by atoms with Gasteiger partial charge in [0.05, 0.1) is 12.7 Å². The summed E-state index contributed by atoms with van der Waals surface area (Å²) in [5, 5.41) is 0.933. The van der Waals surface area contributed by atoms with Crippen molar-refractivity contribution in [3.05, 3.63) is 63.8 Å². The Balaban J connectivity index is 2.16. The number of furan rings is 1. The van der Waals surface area contributed by atoms with E-state index in [0.717, 1.165) is 15.4 Å². The molecule has 0 aliphatic heterocycles. The first-order valence-electron chi connectivity index (χ1n) is 6.48. The lowest BCUT2D eigenvalue weighted by molar-refractivity contribution is 0.101. The molecule has 3 aromatic rings. The van der Waals surface area contributed by atoms with E-state index in [1.807, 2.05) is 37.3 Å². The Bertz CT molecular complexity index is 833. The van der Waals surface area contributed by atoms with Crippen molar-refractivity contribution in [2.45, 2.75) is 6.92 Å². The van der Waals surface area contributed by atoms with E-state index in [9.17, 15) is 4.79 Å². The Morgan fingerprint density at radius 3 is 2.71 bits per heavy atom. The Labute approximate surface area is 130 Å². The van der Waals surface area contributed by atoms with Crippen molar-refractivity contribution in [2.75, 3.05) is 7.11 Å². The molecule has 3 rings (SSSR count). The van der Waals surface area contributed by atoms with Crippen molar-refractivity contribution in [2.24, 2.45) is 0 Å². The van der Waals surface area contributed by atoms with Crippen molar-refractivity contribution in [1.82, 2.24) is 0 Å². The summed E-state index contributed by atoms with van der Waals surface area (Å²) in [6, 6.07) is 12.8.